The summed E-state index contributed by atoms with van der Waals surface area (Å²) in [5.41, 5.74) is 3.46. The van der Waals surface area contributed by atoms with Gasteiger partial charge in [-0.3, -0.25) is 9.78 Å². The van der Waals surface area contributed by atoms with E-state index in [0.717, 1.165) is 28.2 Å². The number of benzene rings is 2. The number of nitrogens with one attached hydrogen (secondary N) is 1. The number of hydrogen-bond acceptors (Lipinski definition) is 4. The molecule has 2 aromatic heterocycles. The third-order valence-corrected chi connectivity index (χ3v) is 4.61. The van der Waals surface area contributed by atoms with E-state index in [0.29, 0.717) is 25.4 Å². The number of fused-ring (bicyclic) bond motifs is 1. The second kappa shape index (κ2) is 8.56. The molecule has 0 saturated carbocycles. The quantitative estimate of drug-likeness (QED) is 0.525. The van der Waals surface area contributed by atoms with E-state index in [9.17, 15) is 4.79 Å². The van der Waals surface area contributed by atoms with Crippen molar-refractivity contribution in [2.24, 2.45) is 0 Å². The first kappa shape index (κ1) is 18.7. The zero-order valence-corrected chi connectivity index (χ0v) is 16.2. The van der Waals surface area contributed by atoms with E-state index in [-0.39, 0.29) is 5.91 Å². The monoisotopic (exact) mass is 386 g/mol. The van der Waals surface area contributed by atoms with Crippen LogP contribution >= 0.6 is 0 Å². The van der Waals surface area contributed by atoms with Crippen molar-refractivity contribution < 1.29 is 9.53 Å². The van der Waals surface area contributed by atoms with Crippen LogP contribution in [-0.4, -0.2) is 27.0 Å². The highest BCUT2D eigenvalue weighted by molar-refractivity contribution is 5.92. The van der Waals surface area contributed by atoms with Gasteiger partial charge in [0.15, 0.2) is 0 Å². The number of hydrogen-bond donors (Lipinski definition) is 1. The highest BCUT2D eigenvalue weighted by Crippen LogP contribution is 2.17. The molecule has 6 heteroatoms. The van der Waals surface area contributed by atoms with Gasteiger partial charge in [0.1, 0.15) is 23.9 Å². The molecule has 1 N–H and O–H groups in total. The minimum absolute atomic E-state index is 0.222. The van der Waals surface area contributed by atoms with Crippen molar-refractivity contribution in [1.29, 1.82) is 0 Å². The van der Waals surface area contributed by atoms with Gasteiger partial charge in [0, 0.05) is 6.20 Å². The minimum Gasteiger partial charge on any atom is -0.492 e. The van der Waals surface area contributed by atoms with Crippen LogP contribution in [-0.2, 0) is 13.1 Å². The summed E-state index contributed by atoms with van der Waals surface area (Å²) < 4.78 is 8.00. The Hall–Kier alpha value is -3.67. The lowest BCUT2D eigenvalue weighted by atomic mass is 10.2. The van der Waals surface area contributed by atoms with Crippen LogP contribution in [0.5, 0.6) is 5.75 Å². The van der Waals surface area contributed by atoms with Crippen LogP contribution < -0.4 is 10.1 Å². The smallest absolute Gasteiger partial charge is 0.270 e. The van der Waals surface area contributed by atoms with Crippen molar-refractivity contribution in [2.75, 3.05) is 6.61 Å². The van der Waals surface area contributed by atoms with E-state index in [2.05, 4.69) is 14.9 Å². The van der Waals surface area contributed by atoms with Crippen molar-refractivity contribution in [2.45, 2.75) is 20.0 Å². The predicted molar refractivity (Wildman–Crippen MR) is 112 cm³/mol. The highest BCUT2D eigenvalue weighted by Gasteiger charge is 2.13. The number of pyridine rings is 1. The number of carbonyl (C=O) groups is 1. The Kier molecular flexibility index (Phi) is 5.52. The molecule has 0 spiro atoms. The topological polar surface area (TPSA) is 69.0 Å². The molecule has 2 aromatic carbocycles. The van der Waals surface area contributed by atoms with Crippen molar-refractivity contribution in [1.82, 2.24) is 19.9 Å². The summed E-state index contributed by atoms with van der Waals surface area (Å²) >= 11 is 0. The Bertz CT molecular complexity index is 1120. The highest BCUT2D eigenvalue weighted by atomic mass is 16.5. The lowest BCUT2D eigenvalue weighted by Crippen LogP contribution is -2.26. The van der Waals surface area contributed by atoms with Gasteiger partial charge in [-0.2, -0.15) is 0 Å². The van der Waals surface area contributed by atoms with E-state index < -0.39 is 0 Å². The van der Waals surface area contributed by atoms with Crippen molar-refractivity contribution in [3.8, 4) is 5.75 Å². The Labute approximate surface area is 169 Å². The molecule has 146 valence electrons. The van der Waals surface area contributed by atoms with Gasteiger partial charge in [-0.15, -0.1) is 0 Å². The number of imidazole rings is 1. The average Bonchev–Trinajstić information content (AvgIpc) is 3.10. The molecule has 0 fully saturated rings. The number of para-hydroxylation sites is 2. The maximum absolute atomic E-state index is 12.3. The van der Waals surface area contributed by atoms with Crippen molar-refractivity contribution in [3.63, 3.8) is 0 Å². The lowest BCUT2D eigenvalue weighted by molar-refractivity contribution is 0.0944. The van der Waals surface area contributed by atoms with Gasteiger partial charge in [0.2, 0.25) is 0 Å². The molecule has 0 aliphatic carbocycles. The van der Waals surface area contributed by atoms with Crippen LogP contribution in [0.1, 0.15) is 21.9 Å². The molecule has 0 unspecified atom stereocenters. The molecular weight excluding hydrogens is 364 g/mol. The van der Waals surface area contributed by atoms with Crippen molar-refractivity contribution >= 4 is 16.9 Å². The zero-order chi connectivity index (χ0) is 20.1. The van der Waals surface area contributed by atoms with Crippen LogP contribution in [0.3, 0.4) is 0 Å². The first-order valence-electron chi connectivity index (χ1n) is 9.53. The molecule has 0 bridgehead atoms. The normalized spacial score (nSPS) is 10.8. The van der Waals surface area contributed by atoms with E-state index >= 15 is 0 Å². The lowest BCUT2D eigenvalue weighted by Gasteiger charge is -2.12. The van der Waals surface area contributed by atoms with Crippen LogP contribution in [0.4, 0.5) is 0 Å². The molecule has 0 aliphatic rings. The summed E-state index contributed by atoms with van der Waals surface area (Å²) in [6.45, 7) is 3.49. The van der Waals surface area contributed by atoms with Gasteiger partial charge in [0.25, 0.3) is 5.91 Å². The Morgan fingerprint density at radius 2 is 1.93 bits per heavy atom. The summed E-state index contributed by atoms with van der Waals surface area (Å²) in [4.78, 5) is 21.1. The summed E-state index contributed by atoms with van der Waals surface area (Å²) in [7, 11) is 0. The number of ether oxygens (including phenoxy) is 1. The zero-order valence-electron chi connectivity index (χ0n) is 16.2. The number of carbonyl (C=O) groups excluding carboxylic acids is 1. The molecule has 2 heterocycles. The molecule has 4 rings (SSSR count). The van der Waals surface area contributed by atoms with E-state index in [1.807, 2.05) is 55.5 Å². The second-order valence-electron chi connectivity index (χ2n) is 6.73. The standard InChI is InChI=1S/C23H22N4O2/c1-17-7-6-8-18(15-17)29-14-13-27-21-11-3-2-9-19(21)26-22(27)16-25-23(28)20-10-4-5-12-24-20/h2-12,15H,13-14,16H2,1H3,(H,25,28). The van der Waals surface area contributed by atoms with Crippen LogP contribution in [0, 0.1) is 6.92 Å². The minimum atomic E-state index is -0.222. The fourth-order valence-corrected chi connectivity index (χ4v) is 3.22. The van der Waals surface area contributed by atoms with Gasteiger partial charge in [-0.1, -0.05) is 30.3 Å². The van der Waals surface area contributed by atoms with E-state index in [4.69, 9.17) is 9.72 Å². The van der Waals surface area contributed by atoms with Gasteiger partial charge in [-0.05, 0) is 48.9 Å². The molecule has 1 amide bonds. The SMILES string of the molecule is Cc1cccc(OCCn2c(CNC(=O)c3ccccn3)nc3ccccc32)c1. The molecule has 0 aliphatic heterocycles. The van der Waals surface area contributed by atoms with Crippen molar-refractivity contribution in [3.05, 3.63) is 90.0 Å². The third kappa shape index (κ3) is 4.43. The predicted octanol–water partition coefficient (Wildman–Crippen LogP) is 3.75. The molecule has 0 saturated heterocycles. The van der Waals surface area contributed by atoms with Crippen LogP contribution in [0.25, 0.3) is 11.0 Å². The maximum atomic E-state index is 12.3. The molecular formula is C23H22N4O2. The largest absolute Gasteiger partial charge is 0.492 e. The number of aryl methyl sites for hydroxylation is 1. The fraction of sp³-hybridized carbons (Fsp3) is 0.174. The molecule has 29 heavy (non-hydrogen) atoms. The number of rotatable bonds is 7. The number of aromatic nitrogens is 3. The van der Waals surface area contributed by atoms with E-state index in [1.165, 1.54) is 0 Å². The summed E-state index contributed by atoms with van der Waals surface area (Å²) in [6.07, 6.45) is 1.60. The summed E-state index contributed by atoms with van der Waals surface area (Å²) in [5, 5.41) is 2.91. The summed E-state index contributed by atoms with van der Waals surface area (Å²) in [6, 6.07) is 21.2. The van der Waals surface area contributed by atoms with Gasteiger partial charge in [-0.25, -0.2) is 4.98 Å². The molecule has 0 atom stereocenters. The third-order valence-electron chi connectivity index (χ3n) is 4.61. The fourth-order valence-electron chi connectivity index (χ4n) is 3.22. The van der Waals surface area contributed by atoms with Crippen LogP contribution in [0.2, 0.25) is 0 Å². The first-order valence-corrected chi connectivity index (χ1v) is 9.53. The molecule has 6 nitrogen and oxygen atoms in total. The first-order chi connectivity index (χ1) is 14.2. The van der Waals surface area contributed by atoms with Gasteiger partial charge < -0.3 is 14.6 Å². The molecule has 4 aromatic rings. The number of amides is 1. The Balaban J connectivity index is 1.49. The Morgan fingerprint density at radius 3 is 2.76 bits per heavy atom. The average molecular weight is 386 g/mol. The van der Waals surface area contributed by atoms with Gasteiger partial charge in [0.05, 0.1) is 24.1 Å². The maximum Gasteiger partial charge on any atom is 0.270 e. The van der Waals surface area contributed by atoms with Crippen LogP contribution in [0.15, 0.2) is 72.9 Å². The number of nitrogens with zero attached hydrogens (tertiary/aromatic N) is 3. The second-order valence-corrected chi connectivity index (χ2v) is 6.73. The van der Waals surface area contributed by atoms with E-state index in [1.54, 1.807) is 24.4 Å². The van der Waals surface area contributed by atoms with Gasteiger partial charge >= 0.3 is 0 Å². The Morgan fingerprint density at radius 1 is 1.07 bits per heavy atom. The summed E-state index contributed by atoms with van der Waals surface area (Å²) in [5.74, 6) is 1.41. The molecule has 0 radical (unpaired) electrons.